The van der Waals surface area contributed by atoms with Crippen LogP contribution in [-0.2, 0) is 11.3 Å². The van der Waals surface area contributed by atoms with Gasteiger partial charge in [0, 0.05) is 12.4 Å². The summed E-state index contributed by atoms with van der Waals surface area (Å²) in [5.74, 6) is 3.28. The summed E-state index contributed by atoms with van der Waals surface area (Å²) >= 11 is 3.34. The Morgan fingerprint density at radius 1 is 1.11 bits per heavy atom. The number of ether oxygens (including phenoxy) is 3. The Labute approximate surface area is 171 Å². The second kappa shape index (κ2) is 8.14. The van der Waals surface area contributed by atoms with Gasteiger partial charge in [0.25, 0.3) is 0 Å². The van der Waals surface area contributed by atoms with Crippen LogP contribution in [0.1, 0.15) is 12.8 Å². The molecular weight excluding hydrogens is 394 g/mol. The van der Waals surface area contributed by atoms with Gasteiger partial charge in [0.1, 0.15) is 12.7 Å². The first-order valence-electron chi connectivity index (χ1n) is 9.47. The molecule has 2 aliphatic heterocycles. The molecule has 0 radical (unpaired) electrons. The minimum Gasteiger partial charge on any atom is -0.486 e. The molecule has 0 unspecified atom stereocenters. The van der Waals surface area contributed by atoms with Crippen LogP contribution in [-0.4, -0.2) is 45.9 Å². The molecule has 6 nitrogen and oxygen atoms in total. The van der Waals surface area contributed by atoms with Crippen molar-refractivity contribution in [1.29, 1.82) is 0 Å². The Kier molecular flexibility index (Phi) is 5.24. The Morgan fingerprint density at radius 3 is 2.86 bits per heavy atom. The van der Waals surface area contributed by atoms with Crippen LogP contribution in [0.15, 0.2) is 46.9 Å². The molecule has 28 heavy (non-hydrogen) atoms. The van der Waals surface area contributed by atoms with Crippen molar-refractivity contribution in [2.75, 3.05) is 19.0 Å². The lowest BCUT2D eigenvalue weighted by Crippen LogP contribution is -2.31. The number of rotatable bonds is 6. The Bertz CT molecular complexity index is 923. The van der Waals surface area contributed by atoms with Crippen LogP contribution in [0.25, 0.3) is 10.7 Å². The van der Waals surface area contributed by atoms with Gasteiger partial charge in [-0.3, -0.25) is 4.57 Å². The van der Waals surface area contributed by atoms with Crippen LogP contribution in [0.3, 0.4) is 0 Å². The van der Waals surface area contributed by atoms with Crippen molar-refractivity contribution in [1.82, 2.24) is 14.8 Å². The first-order chi connectivity index (χ1) is 13.9. The highest BCUT2D eigenvalue weighted by molar-refractivity contribution is 7.99. The van der Waals surface area contributed by atoms with Crippen molar-refractivity contribution < 1.29 is 14.2 Å². The zero-order valence-corrected chi connectivity index (χ0v) is 17.0. The van der Waals surface area contributed by atoms with E-state index in [0.717, 1.165) is 59.1 Å². The predicted molar refractivity (Wildman–Crippen MR) is 109 cm³/mol. The number of aromatic nitrogens is 3. The lowest BCUT2D eigenvalue weighted by Gasteiger charge is -2.26. The third kappa shape index (κ3) is 3.76. The van der Waals surface area contributed by atoms with Gasteiger partial charge >= 0.3 is 0 Å². The van der Waals surface area contributed by atoms with Crippen molar-refractivity contribution in [3.63, 3.8) is 0 Å². The minimum absolute atomic E-state index is 0.0158. The van der Waals surface area contributed by atoms with Gasteiger partial charge in [0.05, 0.1) is 17.5 Å². The number of thiophene rings is 1. The summed E-state index contributed by atoms with van der Waals surface area (Å²) in [7, 11) is 0. The lowest BCUT2D eigenvalue weighted by atomic mass is 10.2. The maximum atomic E-state index is 6.08. The van der Waals surface area contributed by atoms with Crippen molar-refractivity contribution in [2.45, 2.75) is 36.8 Å². The third-order valence-electron chi connectivity index (χ3n) is 4.83. The van der Waals surface area contributed by atoms with Crippen molar-refractivity contribution in [3.05, 3.63) is 41.8 Å². The Balaban J connectivity index is 1.32. The lowest BCUT2D eigenvalue weighted by molar-refractivity contribution is 0.0952. The van der Waals surface area contributed by atoms with Gasteiger partial charge in [-0.15, -0.1) is 21.5 Å². The van der Waals surface area contributed by atoms with Gasteiger partial charge < -0.3 is 14.2 Å². The molecule has 5 rings (SSSR count). The summed E-state index contributed by atoms with van der Waals surface area (Å²) in [6, 6.07) is 11.9. The van der Waals surface area contributed by atoms with E-state index >= 15 is 0 Å². The van der Waals surface area contributed by atoms with E-state index in [1.54, 1.807) is 23.1 Å². The average Bonchev–Trinajstić information content (AvgIpc) is 3.49. The molecule has 8 heteroatoms. The fourth-order valence-electron chi connectivity index (χ4n) is 3.45. The van der Waals surface area contributed by atoms with Crippen LogP contribution in [0, 0.1) is 0 Å². The van der Waals surface area contributed by atoms with Gasteiger partial charge in [-0.2, -0.15) is 0 Å². The van der Waals surface area contributed by atoms with E-state index < -0.39 is 0 Å². The molecule has 4 heterocycles. The molecule has 2 atom stereocenters. The monoisotopic (exact) mass is 415 g/mol. The molecule has 1 aromatic carbocycles. The van der Waals surface area contributed by atoms with E-state index in [1.807, 2.05) is 30.3 Å². The van der Waals surface area contributed by atoms with Crippen LogP contribution in [0.2, 0.25) is 0 Å². The fourth-order valence-corrected chi connectivity index (χ4v) is 5.08. The molecule has 0 amide bonds. The Hall–Kier alpha value is -2.03. The number of hydrogen-bond acceptors (Lipinski definition) is 7. The van der Waals surface area contributed by atoms with E-state index in [0.29, 0.717) is 6.61 Å². The number of hydrogen-bond donors (Lipinski definition) is 0. The molecule has 3 aromatic rings. The van der Waals surface area contributed by atoms with Gasteiger partial charge in [-0.05, 0) is 36.4 Å². The number of nitrogens with zero attached hydrogens (tertiary/aromatic N) is 3. The van der Waals surface area contributed by atoms with Crippen molar-refractivity contribution in [3.8, 4) is 22.2 Å². The largest absolute Gasteiger partial charge is 0.486 e. The maximum absolute atomic E-state index is 6.08. The second-order valence-corrected chi connectivity index (χ2v) is 8.77. The molecule has 1 saturated heterocycles. The number of para-hydroxylation sites is 2. The SMILES string of the molecule is c1csc(-c2nnc(SC[C@@H]3COc4ccccc4O3)n2C[C@H]2CCCO2)c1. The molecule has 146 valence electrons. The molecule has 0 spiro atoms. The number of fused-ring (bicyclic) bond motifs is 1. The second-order valence-electron chi connectivity index (χ2n) is 6.84. The quantitative estimate of drug-likeness (QED) is 0.565. The smallest absolute Gasteiger partial charge is 0.191 e. The third-order valence-corrected chi connectivity index (χ3v) is 6.80. The number of benzene rings is 1. The van der Waals surface area contributed by atoms with Crippen LogP contribution < -0.4 is 9.47 Å². The predicted octanol–water partition coefficient (Wildman–Crippen LogP) is 4.12. The highest BCUT2D eigenvalue weighted by Crippen LogP contribution is 2.33. The van der Waals surface area contributed by atoms with E-state index in [2.05, 4.69) is 26.2 Å². The molecule has 0 N–H and O–H groups in total. The topological polar surface area (TPSA) is 58.4 Å². The highest BCUT2D eigenvalue weighted by atomic mass is 32.2. The standard InChI is InChI=1S/C20H21N3O3S2/c1-2-7-17-16(6-1)25-12-15(26-17)13-28-20-22-21-19(18-8-4-10-27-18)23(20)11-14-5-3-9-24-14/h1-2,4,6-8,10,14-15H,3,5,9,11-13H2/t14-,15+/m1/s1. The fraction of sp³-hybridized carbons (Fsp3) is 0.400. The van der Waals surface area contributed by atoms with E-state index in [9.17, 15) is 0 Å². The number of thioether (sulfide) groups is 1. The van der Waals surface area contributed by atoms with E-state index in [1.165, 1.54) is 0 Å². The summed E-state index contributed by atoms with van der Waals surface area (Å²) < 4.78 is 20.0. The van der Waals surface area contributed by atoms with E-state index in [4.69, 9.17) is 14.2 Å². The van der Waals surface area contributed by atoms with Gasteiger partial charge in [0.15, 0.2) is 22.5 Å². The normalized spacial score (nSPS) is 21.1. The molecule has 1 fully saturated rings. The van der Waals surface area contributed by atoms with Gasteiger partial charge in [-0.1, -0.05) is 30.0 Å². The van der Waals surface area contributed by atoms with Crippen molar-refractivity contribution >= 4 is 23.1 Å². The average molecular weight is 416 g/mol. The summed E-state index contributed by atoms with van der Waals surface area (Å²) in [5.41, 5.74) is 0. The molecule has 2 aliphatic rings. The first-order valence-corrected chi connectivity index (χ1v) is 11.3. The maximum Gasteiger partial charge on any atom is 0.191 e. The zero-order chi connectivity index (χ0) is 18.8. The van der Waals surface area contributed by atoms with Gasteiger partial charge in [0.2, 0.25) is 0 Å². The molecule has 0 aliphatic carbocycles. The van der Waals surface area contributed by atoms with Gasteiger partial charge in [-0.25, -0.2) is 0 Å². The molecule has 2 aromatic heterocycles. The van der Waals surface area contributed by atoms with Crippen LogP contribution in [0.5, 0.6) is 11.5 Å². The zero-order valence-electron chi connectivity index (χ0n) is 15.3. The van der Waals surface area contributed by atoms with Crippen LogP contribution >= 0.6 is 23.1 Å². The summed E-state index contributed by atoms with van der Waals surface area (Å²) in [5, 5.41) is 11.9. The first kappa shape index (κ1) is 18.0. The molecule has 0 bridgehead atoms. The Morgan fingerprint density at radius 2 is 2.04 bits per heavy atom. The summed E-state index contributed by atoms with van der Waals surface area (Å²) in [6.07, 6.45) is 2.42. The molecular formula is C20H21N3O3S2. The van der Waals surface area contributed by atoms with Crippen molar-refractivity contribution in [2.24, 2.45) is 0 Å². The highest BCUT2D eigenvalue weighted by Gasteiger charge is 2.25. The summed E-state index contributed by atoms with van der Waals surface area (Å²) in [6.45, 7) is 2.17. The minimum atomic E-state index is -0.0158. The molecule has 0 saturated carbocycles. The summed E-state index contributed by atoms with van der Waals surface area (Å²) in [4.78, 5) is 1.13. The van der Waals surface area contributed by atoms with E-state index in [-0.39, 0.29) is 12.2 Å². The van der Waals surface area contributed by atoms with Crippen LogP contribution in [0.4, 0.5) is 0 Å².